The molecule has 7 nitrogen and oxygen atoms in total. The summed E-state index contributed by atoms with van der Waals surface area (Å²) in [6.45, 7) is 4.41. The normalized spacial score (nSPS) is 16.3. The van der Waals surface area contributed by atoms with Gasteiger partial charge in [0.05, 0.1) is 4.90 Å². The first kappa shape index (κ1) is 25.6. The van der Waals surface area contributed by atoms with Crippen molar-refractivity contribution in [2.75, 3.05) is 17.2 Å². The summed E-state index contributed by atoms with van der Waals surface area (Å²) in [6.07, 6.45) is 3.59. The van der Waals surface area contributed by atoms with Crippen molar-refractivity contribution in [3.63, 3.8) is 0 Å². The summed E-state index contributed by atoms with van der Waals surface area (Å²) in [5.41, 5.74) is 2.76. The van der Waals surface area contributed by atoms with Gasteiger partial charge in [-0.3, -0.25) is 9.59 Å². The van der Waals surface area contributed by atoms with Gasteiger partial charge in [0.15, 0.2) is 0 Å². The molecule has 1 unspecified atom stereocenters. The Morgan fingerprint density at radius 3 is 2.28 bits per heavy atom. The van der Waals surface area contributed by atoms with Crippen LogP contribution in [0.15, 0.2) is 77.7 Å². The van der Waals surface area contributed by atoms with Gasteiger partial charge < -0.3 is 10.6 Å². The van der Waals surface area contributed by atoms with Gasteiger partial charge in [0, 0.05) is 35.1 Å². The maximum atomic E-state index is 13.2. The highest BCUT2D eigenvalue weighted by molar-refractivity contribution is 7.89. The molecule has 3 aromatic carbocycles. The maximum Gasteiger partial charge on any atom is 0.255 e. The van der Waals surface area contributed by atoms with Crippen LogP contribution in [0.5, 0.6) is 0 Å². The summed E-state index contributed by atoms with van der Waals surface area (Å²) >= 11 is 0. The molecular formula is C28H31N3O4S. The Morgan fingerprint density at radius 1 is 0.889 bits per heavy atom. The first-order chi connectivity index (χ1) is 17.3. The zero-order valence-corrected chi connectivity index (χ0v) is 21.3. The lowest BCUT2D eigenvalue weighted by molar-refractivity contribution is 0.101. The van der Waals surface area contributed by atoms with Crippen LogP contribution in [0.4, 0.5) is 11.4 Å². The highest BCUT2D eigenvalue weighted by Gasteiger charge is 2.32. The van der Waals surface area contributed by atoms with E-state index in [0.29, 0.717) is 29.0 Å². The fourth-order valence-corrected chi connectivity index (χ4v) is 6.20. The number of anilines is 2. The van der Waals surface area contributed by atoms with Crippen LogP contribution >= 0.6 is 0 Å². The minimum atomic E-state index is -3.59. The lowest BCUT2D eigenvalue weighted by atomic mass is 10.0. The van der Waals surface area contributed by atoms with Gasteiger partial charge in [0.1, 0.15) is 0 Å². The second-order valence-electron chi connectivity index (χ2n) is 9.00. The second kappa shape index (κ2) is 11.1. The molecule has 2 amide bonds. The fourth-order valence-electron chi connectivity index (χ4n) is 4.43. The first-order valence-electron chi connectivity index (χ1n) is 12.2. The minimum absolute atomic E-state index is 0.0289. The van der Waals surface area contributed by atoms with E-state index in [9.17, 15) is 18.0 Å². The molecule has 0 spiro atoms. The van der Waals surface area contributed by atoms with Crippen LogP contribution in [0.25, 0.3) is 0 Å². The topological polar surface area (TPSA) is 95.6 Å². The predicted molar refractivity (Wildman–Crippen MR) is 142 cm³/mol. The predicted octanol–water partition coefficient (Wildman–Crippen LogP) is 5.45. The third-order valence-corrected chi connectivity index (χ3v) is 8.51. The van der Waals surface area contributed by atoms with Crippen molar-refractivity contribution >= 4 is 33.2 Å². The average Bonchev–Trinajstić information content (AvgIpc) is 2.90. The van der Waals surface area contributed by atoms with Crippen molar-refractivity contribution in [3.8, 4) is 0 Å². The molecule has 1 atom stereocenters. The molecule has 2 N–H and O–H groups in total. The largest absolute Gasteiger partial charge is 0.322 e. The van der Waals surface area contributed by atoms with Gasteiger partial charge in [-0.25, -0.2) is 8.42 Å². The minimum Gasteiger partial charge on any atom is -0.322 e. The van der Waals surface area contributed by atoms with Crippen LogP contribution in [0, 0.1) is 6.92 Å². The van der Waals surface area contributed by atoms with E-state index < -0.39 is 10.0 Å². The molecule has 1 saturated heterocycles. The van der Waals surface area contributed by atoms with Crippen molar-refractivity contribution in [3.05, 3.63) is 89.5 Å². The average molecular weight is 506 g/mol. The fraction of sp³-hybridized carbons (Fsp3) is 0.286. The number of carbonyl (C=O) groups is 2. The number of amides is 2. The molecule has 36 heavy (non-hydrogen) atoms. The number of sulfonamides is 1. The van der Waals surface area contributed by atoms with Crippen molar-refractivity contribution < 1.29 is 18.0 Å². The molecule has 0 radical (unpaired) electrons. The molecule has 1 heterocycles. The highest BCUT2D eigenvalue weighted by atomic mass is 32.2. The lowest BCUT2D eigenvalue weighted by Gasteiger charge is -2.34. The quantitative estimate of drug-likeness (QED) is 0.446. The summed E-state index contributed by atoms with van der Waals surface area (Å²) in [4.78, 5) is 25.7. The van der Waals surface area contributed by atoms with E-state index >= 15 is 0 Å². The number of hydrogen-bond donors (Lipinski definition) is 2. The molecule has 0 aromatic heterocycles. The lowest BCUT2D eigenvalue weighted by Crippen LogP contribution is -2.43. The van der Waals surface area contributed by atoms with Gasteiger partial charge in [0.2, 0.25) is 10.0 Å². The van der Waals surface area contributed by atoms with Gasteiger partial charge in [0.25, 0.3) is 11.8 Å². The Labute approximate surface area is 212 Å². The second-order valence-corrected chi connectivity index (χ2v) is 10.9. The number of rotatable bonds is 7. The number of benzene rings is 3. The maximum absolute atomic E-state index is 13.2. The molecular weight excluding hydrogens is 474 g/mol. The Morgan fingerprint density at radius 2 is 1.58 bits per heavy atom. The summed E-state index contributed by atoms with van der Waals surface area (Å²) < 4.78 is 28.0. The molecule has 0 aliphatic carbocycles. The van der Waals surface area contributed by atoms with Crippen molar-refractivity contribution in [1.82, 2.24) is 4.31 Å². The third kappa shape index (κ3) is 5.66. The molecule has 188 valence electrons. The summed E-state index contributed by atoms with van der Waals surface area (Å²) in [6, 6.07) is 20.2. The zero-order chi connectivity index (χ0) is 25.7. The Hall–Kier alpha value is -3.49. The summed E-state index contributed by atoms with van der Waals surface area (Å²) in [5, 5.41) is 5.67. The van der Waals surface area contributed by atoms with E-state index in [1.54, 1.807) is 58.9 Å². The van der Waals surface area contributed by atoms with Crippen molar-refractivity contribution in [2.45, 2.75) is 50.5 Å². The number of carbonyl (C=O) groups excluding carboxylic acids is 2. The zero-order valence-electron chi connectivity index (χ0n) is 20.5. The highest BCUT2D eigenvalue weighted by Crippen LogP contribution is 2.28. The number of aryl methyl sites for hydroxylation is 1. The number of nitrogens with one attached hydrogen (secondary N) is 2. The number of hydrogen-bond acceptors (Lipinski definition) is 4. The molecule has 1 aliphatic heterocycles. The van der Waals surface area contributed by atoms with Crippen LogP contribution in [0.3, 0.4) is 0 Å². The Balaban J connectivity index is 1.46. The van der Waals surface area contributed by atoms with E-state index in [2.05, 4.69) is 10.6 Å². The van der Waals surface area contributed by atoms with Crippen LogP contribution in [-0.2, 0) is 10.0 Å². The van der Waals surface area contributed by atoms with Crippen LogP contribution in [0.2, 0.25) is 0 Å². The van der Waals surface area contributed by atoms with E-state index in [-0.39, 0.29) is 22.8 Å². The molecule has 3 aromatic rings. The first-order valence-corrected chi connectivity index (χ1v) is 13.6. The molecule has 8 heteroatoms. The van der Waals surface area contributed by atoms with Gasteiger partial charge in [-0.2, -0.15) is 4.31 Å². The Kier molecular flexibility index (Phi) is 7.86. The van der Waals surface area contributed by atoms with Gasteiger partial charge >= 0.3 is 0 Å². The van der Waals surface area contributed by atoms with Crippen LogP contribution in [-0.4, -0.2) is 37.1 Å². The number of nitrogens with zero attached hydrogens (tertiary/aromatic N) is 1. The summed E-state index contributed by atoms with van der Waals surface area (Å²) in [5.74, 6) is -0.616. The molecule has 4 rings (SSSR count). The van der Waals surface area contributed by atoms with Crippen LogP contribution in [0.1, 0.15) is 58.9 Å². The van der Waals surface area contributed by atoms with E-state index in [1.165, 1.54) is 12.1 Å². The number of piperidine rings is 1. The molecule has 0 bridgehead atoms. The third-order valence-electron chi connectivity index (χ3n) is 6.55. The van der Waals surface area contributed by atoms with Crippen LogP contribution < -0.4 is 10.6 Å². The molecule has 0 saturated carbocycles. The van der Waals surface area contributed by atoms with E-state index in [4.69, 9.17) is 0 Å². The standard InChI is InChI=1S/C28H31N3O4S/c1-3-24-11-7-8-18-31(24)36(34,35)25-16-14-23(15-17-25)29-28(33)22-13-12-20(2)26(19-22)30-27(32)21-9-5-4-6-10-21/h4-6,9-10,12-17,19,24H,3,7-8,11,18H2,1-2H3,(H,29,33)(H,30,32). The van der Waals surface area contributed by atoms with E-state index in [1.807, 2.05) is 19.9 Å². The van der Waals surface area contributed by atoms with Gasteiger partial charge in [-0.05, 0) is 80.3 Å². The smallest absolute Gasteiger partial charge is 0.255 e. The molecule has 1 fully saturated rings. The summed E-state index contributed by atoms with van der Waals surface area (Å²) in [7, 11) is -3.59. The SMILES string of the molecule is CCC1CCCCN1S(=O)(=O)c1ccc(NC(=O)c2ccc(C)c(NC(=O)c3ccccc3)c2)cc1. The van der Waals surface area contributed by atoms with Crippen molar-refractivity contribution in [1.29, 1.82) is 0 Å². The van der Waals surface area contributed by atoms with Gasteiger partial charge in [-0.15, -0.1) is 0 Å². The monoisotopic (exact) mass is 505 g/mol. The van der Waals surface area contributed by atoms with Crippen molar-refractivity contribution in [2.24, 2.45) is 0 Å². The van der Waals surface area contributed by atoms with Gasteiger partial charge in [-0.1, -0.05) is 37.6 Å². The Bertz CT molecular complexity index is 1340. The van der Waals surface area contributed by atoms with E-state index in [0.717, 1.165) is 31.2 Å². The molecule has 1 aliphatic rings.